The van der Waals surface area contributed by atoms with Crippen LogP contribution in [0.2, 0.25) is 0 Å². The van der Waals surface area contributed by atoms with Crippen LogP contribution in [-0.4, -0.2) is 10.7 Å². The van der Waals surface area contributed by atoms with Gasteiger partial charge in [0.05, 0.1) is 10.6 Å². The lowest BCUT2D eigenvalue weighted by molar-refractivity contribution is 1.08. The molecule has 3 heteroatoms. The largest absolute Gasteiger partial charge is 0.249 e. The number of nitrogens with zero attached hydrogens (tertiary/aromatic N) is 2. The molecule has 0 aliphatic carbocycles. The third kappa shape index (κ3) is 2.55. The molecule has 1 rings (SSSR count). The van der Waals surface area contributed by atoms with Crippen LogP contribution >= 0.6 is 11.8 Å². The van der Waals surface area contributed by atoms with E-state index in [9.17, 15) is 0 Å². The molecule has 12 heavy (non-hydrogen) atoms. The maximum atomic E-state index is 8.51. The molecule has 0 N–H and O–H groups in total. The van der Waals surface area contributed by atoms with E-state index in [-0.39, 0.29) is 0 Å². The lowest BCUT2D eigenvalue weighted by Gasteiger charge is -1.96. The van der Waals surface area contributed by atoms with E-state index in [0.29, 0.717) is 5.56 Å². The Labute approximate surface area is 76.6 Å². The Morgan fingerprint density at radius 3 is 2.92 bits per heavy atom. The lowest BCUT2D eigenvalue weighted by atomic mass is 10.3. The average Bonchev–Trinajstić information content (AvgIpc) is 2.15. The second kappa shape index (κ2) is 4.78. The van der Waals surface area contributed by atoms with Crippen LogP contribution in [0.4, 0.5) is 0 Å². The molecule has 0 saturated carbocycles. The summed E-state index contributed by atoms with van der Waals surface area (Å²) in [6.07, 6.45) is 2.75. The van der Waals surface area contributed by atoms with E-state index in [4.69, 9.17) is 5.26 Å². The van der Waals surface area contributed by atoms with Gasteiger partial charge in [-0.3, -0.25) is 0 Å². The fourth-order valence-electron chi connectivity index (χ4n) is 0.738. The molecule has 0 amide bonds. The van der Waals surface area contributed by atoms with Crippen molar-refractivity contribution in [2.45, 2.75) is 18.4 Å². The van der Waals surface area contributed by atoms with Crippen molar-refractivity contribution >= 4 is 11.8 Å². The molecule has 62 valence electrons. The van der Waals surface area contributed by atoms with E-state index in [2.05, 4.69) is 11.9 Å². The molecule has 1 aromatic rings. The van der Waals surface area contributed by atoms with E-state index in [1.807, 2.05) is 12.1 Å². The van der Waals surface area contributed by atoms with E-state index in [0.717, 1.165) is 17.2 Å². The maximum absolute atomic E-state index is 8.51. The van der Waals surface area contributed by atoms with Crippen molar-refractivity contribution in [2.24, 2.45) is 0 Å². The van der Waals surface area contributed by atoms with Crippen molar-refractivity contribution < 1.29 is 0 Å². The van der Waals surface area contributed by atoms with Gasteiger partial charge in [0.25, 0.3) is 0 Å². The van der Waals surface area contributed by atoms with Crippen molar-refractivity contribution in [3.8, 4) is 6.07 Å². The van der Waals surface area contributed by atoms with Gasteiger partial charge >= 0.3 is 0 Å². The number of thioether (sulfide) groups is 1. The Hall–Kier alpha value is -1.01. The molecule has 0 aliphatic heterocycles. The summed E-state index contributed by atoms with van der Waals surface area (Å²) >= 11 is 1.72. The first kappa shape index (κ1) is 9.08. The van der Waals surface area contributed by atoms with Crippen LogP contribution in [0.3, 0.4) is 0 Å². The monoisotopic (exact) mass is 178 g/mol. The van der Waals surface area contributed by atoms with Crippen LogP contribution in [0.15, 0.2) is 23.4 Å². The molecule has 0 spiro atoms. The molecule has 0 saturated heterocycles. The summed E-state index contributed by atoms with van der Waals surface area (Å²) in [5.41, 5.74) is 0.621. The van der Waals surface area contributed by atoms with E-state index in [1.165, 1.54) is 0 Å². The van der Waals surface area contributed by atoms with Crippen molar-refractivity contribution in [2.75, 3.05) is 5.75 Å². The Bertz CT molecular complexity index is 274. The van der Waals surface area contributed by atoms with Crippen LogP contribution in [0.5, 0.6) is 0 Å². The van der Waals surface area contributed by atoms with Gasteiger partial charge in [-0.05, 0) is 24.3 Å². The second-order valence-electron chi connectivity index (χ2n) is 2.35. The molecule has 0 aliphatic rings. The van der Waals surface area contributed by atoms with Crippen LogP contribution in [-0.2, 0) is 0 Å². The van der Waals surface area contributed by atoms with Gasteiger partial charge in [0.1, 0.15) is 6.07 Å². The number of nitriles is 1. The lowest BCUT2D eigenvalue weighted by Crippen LogP contribution is -1.82. The van der Waals surface area contributed by atoms with Crippen molar-refractivity contribution in [3.05, 3.63) is 23.9 Å². The summed E-state index contributed by atoms with van der Waals surface area (Å²) < 4.78 is 0. The molecule has 1 heterocycles. The third-order valence-corrected chi connectivity index (χ3v) is 2.47. The van der Waals surface area contributed by atoms with Crippen LogP contribution in [0, 0.1) is 11.3 Å². The van der Waals surface area contributed by atoms with Crippen LogP contribution in [0.25, 0.3) is 0 Å². The first-order valence-electron chi connectivity index (χ1n) is 3.85. The SMILES string of the molecule is CCCSc1ccc(C#N)cn1. The van der Waals surface area contributed by atoms with Gasteiger partial charge in [-0.15, -0.1) is 11.8 Å². The zero-order valence-electron chi connectivity index (χ0n) is 6.95. The molecule has 1 aromatic heterocycles. The van der Waals surface area contributed by atoms with Crippen LogP contribution in [0.1, 0.15) is 18.9 Å². The summed E-state index contributed by atoms with van der Waals surface area (Å²) in [7, 11) is 0. The van der Waals surface area contributed by atoms with E-state index < -0.39 is 0 Å². The highest BCUT2D eigenvalue weighted by Crippen LogP contribution is 2.15. The fourth-order valence-corrected chi connectivity index (χ4v) is 1.44. The molecule has 0 bridgehead atoms. The average molecular weight is 178 g/mol. The molecular formula is C9H10N2S. The normalized spacial score (nSPS) is 9.33. The minimum Gasteiger partial charge on any atom is -0.249 e. The summed E-state index contributed by atoms with van der Waals surface area (Å²) in [5, 5.41) is 9.50. The van der Waals surface area contributed by atoms with Crippen molar-refractivity contribution in [3.63, 3.8) is 0 Å². The molecule has 0 atom stereocenters. The summed E-state index contributed by atoms with van der Waals surface area (Å²) in [6, 6.07) is 5.72. The Kier molecular flexibility index (Phi) is 3.62. The fraction of sp³-hybridized carbons (Fsp3) is 0.333. The van der Waals surface area contributed by atoms with Gasteiger partial charge < -0.3 is 0 Å². The topological polar surface area (TPSA) is 36.7 Å². The van der Waals surface area contributed by atoms with E-state index >= 15 is 0 Å². The van der Waals surface area contributed by atoms with Crippen molar-refractivity contribution in [1.29, 1.82) is 5.26 Å². The van der Waals surface area contributed by atoms with Gasteiger partial charge in [-0.25, -0.2) is 4.98 Å². The predicted octanol–water partition coefficient (Wildman–Crippen LogP) is 2.46. The molecule has 0 fully saturated rings. The zero-order chi connectivity index (χ0) is 8.81. The van der Waals surface area contributed by atoms with Gasteiger partial charge in [0, 0.05) is 6.20 Å². The quantitative estimate of drug-likeness (QED) is 0.667. The highest BCUT2D eigenvalue weighted by Gasteiger charge is 1.94. The highest BCUT2D eigenvalue weighted by atomic mass is 32.2. The van der Waals surface area contributed by atoms with Crippen molar-refractivity contribution in [1.82, 2.24) is 4.98 Å². The first-order valence-corrected chi connectivity index (χ1v) is 4.84. The maximum Gasteiger partial charge on any atom is 0.101 e. The Balaban J connectivity index is 2.60. The standard InChI is InChI=1S/C9H10N2S/c1-2-5-12-9-4-3-8(6-10)7-11-9/h3-4,7H,2,5H2,1H3. The highest BCUT2D eigenvalue weighted by molar-refractivity contribution is 7.99. The van der Waals surface area contributed by atoms with Gasteiger partial charge in [0.15, 0.2) is 0 Å². The number of pyridine rings is 1. The zero-order valence-corrected chi connectivity index (χ0v) is 7.77. The number of hydrogen-bond donors (Lipinski definition) is 0. The molecule has 0 radical (unpaired) electrons. The number of rotatable bonds is 3. The molecule has 0 aromatic carbocycles. The smallest absolute Gasteiger partial charge is 0.101 e. The molecule has 0 unspecified atom stereocenters. The second-order valence-corrected chi connectivity index (χ2v) is 3.46. The van der Waals surface area contributed by atoms with Gasteiger partial charge in [0.2, 0.25) is 0 Å². The molecular weight excluding hydrogens is 168 g/mol. The minimum absolute atomic E-state index is 0.621. The Morgan fingerprint density at radius 2 is 2.42 bits per heavy atom. The third-order valence-electron chi connectivity index (χ3n) is 1.32. The number of hydrogen-bond acceptors (Lipinski definition) is 3. The Morgan fingerprint density at radius 1 is 1.58 bits per heavy atom. The van der Waals surface area contributed by atoms with E-state index in [1.54, 1.807) is 24.0 Å². The summed E-state index contributed by atoms with van der Waals surface area (Å²) in [4.78, 5) is 4.13. The minimum atomic E-state index is 0.621. The number of aromatic nitrogens is 1. The van der Waals surface area contributed by atoms with Gasteiger partial charge in [-0.1, -0.05) is 6.92 Å². The van der Waals surface area contributed by atoms with Crippen LogP contribution < -0.4 is 0 Å². The predicted molar refractivity (Wildman–Crippen MR) is 50.0 cm³/mol. The molecule has 2 nitrogen and oxygen atoms in total. The summed E-state index contributed by atoms with van der Waals surface area (Å²) in [6.45, 7) is 2.14. The summed E-state index contributed by atoms with van der Waals surface area (Å²) in [5.74, 6) is 1.08. The van der Waals surface area contributed by atoms with Gasteiger partial charge in [-0.2, -0.15) is 5.26 Å². The first-order chi connectivity index (χ1) is 5.86.